The van der Waals surface area contributed by atoms with Gasteiger partial charge in [0.25, 0.3) is 0 Å². The summed E-state index contributed by atoms with van der Waals surface area (Å²) >= 11 is 12.5. The molecule has 0 radical (unpaired) electrons. The molecule has 0 atom stereocenters. The van der Waals surface area contributed by atoms with E-state index < -0.39 is 5.97 Å². The molecule has 0 saturated carbocycles. The average molecular weight is 441 g/mol. The van der Waals surface area contributed by atoms with E-state index in [-0.39, 0.29) is 12.2 Å². The third kappa shape index (κ3) is 6.29. The molecule has 2 aromatic carbocycles. The summed E-state index contributed by atoms with van der Waals surface area (Å²) in [5.41, 5.74) is 1.68. The van der Waals surface area contributed by atoms with Crippen LogP contribution in [0.2, 0.25) is 10.0 Å². The number of hydrogen-bond donors (Lipinski definition) is 0. The smallest absolute Gasteiger partial charge is 0.341 e. The predicted molar refractivity (Wildman–Crippen MR) is 112 cm³/mol. The van der Waals surface area contributed by atoms with Crippen LogP contribution in [0.15, 0.2) is 42.7 Å². The molecule has 0 saturated heterocycles. The van der Waals surface area contributed by atoms with E-state index in [2.05, 4.69) is 0 Å². The average Bonchev–Trinajstić information content (AvgIpc) is 2.72. The van der Waals surface area contributed by atoms with Gasteiger partial charge in [0.1, 0.15) is 24.5 Å². The van der Waals surface area contributed by atoms with Gasteiger partial charge >= 0.3 is 5.97 Å². The van der Waals surface area contributed by atoms with Crippen LogP contribution in [0.5, 0.6) is 11.5 Å². The fraction of sp³-hybridized carbons (Fsp3) is 0.286. The van der Waals surface area contributed by atoms with E-state index in [0.29, 0.717) is 40.3 Å². The first-order chi connectivity index (χ1) is 14.0. The molecular formula is C21H22Cl2O6. The van der Waals surface area contributed by atoms with Crippen LogP contribution in [0.4, 0.5) is 0 Å². The fourth-order valence-corrected chi connectivity index (χ4v) is 3.08. The number of carbonyl (C=O) groups is 1. The summed E-state index contributed by atoms with van der Waals surface area (Å²) in [6.45, 7) is 0.912. The number of hydrogen-bond acceptors (Lipinski definition) is 6. The van der Waals surface area contributed by atoms with Crippen LogP contribution in [-0.2, 0) is 25.6 Å². The van der Waals surface area contributed by atoms with E-state index in [9.17, 15) is 4.79 Å². The van der Waals surface area contributed by atoms with E-state index in [4.69, 9.17) is 46.9 Å². The predicted octanol–water partition coefficient (Wildman–Crippen LogP) is 4.76. The summed E-state index contributed by atoms with van der Waals surface area (Å²) in [7, 11) is 4.35. The monoisotopic (exact) mass is 440 g/mol. The van der Waals surface area contributed by atoms with Crippen LogP contribution >= 0.6 is 23.2 Å². The minimum atomic E-state index is -0.511. The Bertz CT molecular complexity index is 843. The van der Waals surface area contributed by atoms with Gasteiger partial charge < -0.3 is 23.7 Å². The zero-order chi connectivity index (χ0) is 21.2. The van der Waals surface area contributed by atoms with Gasteiger partial charge in [-0.05, 0) is 11.1 Å². The molecule has 29 heavy (non-hydrogen) atoms. The third-order valence-electron chi connectivity index (χ3n) is 3.85. The van der Waals surface area contributed by atoms with Gasteiger partial charge in [0, 0.05) is 19.2 Å². The zero-order valence-electron chi connectivity index (χ0n) is 16.4. The summed E-state index contributed by atoms with van der Waals surface area (Å²) in [5, 5.41) is 0.651. The maximum Gasteiger partial charge on any atom is 0.341 e. The second-order valence-electron chi connectivity index (χ2n) is 5.76. The molecule has 156 valence electrons. The molecule has 0 aliphatic rings. The van der Waals surface area contributed by atoms with E-state index in [1.54, 1.807) is 25.3 Å². The molecule has 2 aromatic rings. The molecule has 0 amide bonds. The first-order valence-corrected chi connectivity index (χ1v) is 9.40. The molecule has 2 rings (SSSR count). The topological polar surface area (TPSA) is 63.2 Å². The highest BCUT2D eigenvalue weighted by atomic mass is 35.5. The molecule has 0 fully saturated rings. The Hall–Kier alpha value is -2.41. The lowest BCUT2D eigenvalue weighted by Crippen LogP contribution is -2.08. The zero-order valence-corrected chi connectivity index (χ0v) is 17.9. The summed E-state index contributed by atoms with van der Waals surface area (Å²) in [6.07, 6.45) is 1.34. The molecule has 0 aromatic heterocycles. The van der Waals surface area contributed by atoms with Crippen molar-refractivity contribution < 1.29 is 28.5 Å². The highest BCUT2D eigenvalue weighted by Gasteiger charge is 2.17. The molecular weight excluding hydrogens is 419 g/mol. The molecule has 6 nitrogen and oxygen atoms in total. The number of benzene rings is 2. The normalized spacial score (nSPS) is 11.1. The SMILES string of the molecule is CO/C=C(/C(=O)OC)c1ccccc1COc1cc(Cl)c(OCCOC)c(Cl)c1. The third-order valence-corrected chi connectivity index (χ3v) is 4.41. The molecule has 8 heteroatoms. The molecule has 0 unspecified atom stereocenters. The Morgan fingerprint density at radius 2 is 1.69 bits per heavy atom. The van der Waals surface area contributed by atoms with E-state index >= 15 is 0 Å². The van der Waals surface area contributed by atoms with Crippen LogP contribution in [0, 0.1) is 0 Å². The first kappa shape index (κ1) is 22.9. The van der Waals surface area contributed by atoms with Crippen molar-refractivity contribution in [1.29, 1.82) is 0 Å². The van der Waals surface area contributed by atoms with Gasteiger partial charge in [-0.15, -0.1) is 0 Å². The van der Waals surface area contributed by atoms with Crippen molar-refractivity contribution >= 4 is 34.7 Å². The van der Waals surface area contributed by atoms with Crippen LogP contribution in [-0.4, -0.2) is 40.5 Å². The molecule has 0 bridgehead atoms. The van der Waals surface area contributed by atoms with Crippen LogP contribution < -0.4 is 9.47 Å². The lowest BCUT2D eigenvalue weighted by molar-refractivity contribution is -0.133. The minimum Gasteiger partial charge on any atom is -0.503 e. The van der Waals surface area contributed by atoms with Gasteiger partial charge in [-0.2, -0.15) is 0 Å². The van der Waals surface area contributed by atoms with E-state index in [1.807, 2.05) is 18.2 Å². The van der Waals surface area contributed by atoms with Crippen molar-refractivity contribution in [3.63, 3.8) is 0 Å². The Kier molecular flexibility index (Phi) is 9.12. The van der Waals surface area contributed by atoms with Gasteiger partial charge in [0.05, 0.1) is 37.1 Å². The summed E-state index contributed by atoms with van der Waals surface area (Å²) in [5.74, 6) is 0.321. The lowest BCUT2D eigenvalue weighted by Gasteiger charge is -2.14. The number of methoxy groups -OCH3 is 3. The van der Waals surface area contributed by atoms with E-state index in [1.165, 1.54) is 20.5 Å². The minimum absolute atomic E-state index is 0.171. The van der Waals surface area contributed by atoms with Gasteiger partial charge in [0.15, 0.2) is 5.75 Å². The van der Waals surface area contributed by atoms with Gasteiger partial charge in [-0.1, -0.05) is 47.5 Å². The van der Waals surface area contributed by atoms with Crippen molar-refractivity contribution in [3.8, 4) is 11.5 Å². The van der Waals surface area contributed by atoms with Crippen molar-refractivity contribution in [2.75, 3.05) is 34.5 Å². The number of halogens is 2. The summed E-state index contributed by atoms with van der Waals surface area (Å²) in [6, 6.07) is 10.5. The summed E-state index contributed by atoms with van der Waals surface area (Å²) in [4.78, 5) is 12.1. The summed E-state index contributed by atoms with van der Waals surface area (Å²) < 4.78 is 26.2. The van der Waals surface area contributed by atoms with Crippen LogP contribution in [0.1, 0.15) is 11.1 Å². The molecule has 0 aliphatic heterocycles. The van der Waals surface area contributed by atoms with Crippen LogP contribution in [0.3, 0.4) is 0 Å². The highest BCUT2D eigenvalue weighted by molar-refractivity contribution is 6.37. The Morgan fingerprint density at radius 1 is 1.00 bits per heavy atom. The Balaban J connectivity index is 2.20. The number of esters is 1. The quantitative estimate of drug-likeness (QED) is 0.229. The standard InChI is InChI=1S/C21H22Cl2O6/c1-25-8-9-28-20-18(22)10-15(11-19(20)23)29-12-14-6-4-5-7-16(14)17(13-26-2)21(24)27-3/h4-7,10-11,13H,8-9,12H2,1-3H3/b17-13+. The second kappa shape index (κ2) is 11.6. The van der Waals surface area contributed by atoms with Crippen molar-refractivity contribution in [2.45, 2.75) is 6.61 Å². The molecule has 0 N–H and O–H groups in total. The molecule has 0 heterocycles. The first-order valence-electron chi connectivity index (χ1n) is 8.65. The van der Waals surface area contributed by atoms with Crippen LogP contribution in [0.25, 0.3) is 5.57 Å². The van der Waals surface area contributed by atoms with Crippen molar-refractivity contribution in [1.82, 2.24) is 0 Å². The number of carbonyl (C=O) groups excluding carboxylic acids is 1. The Morgan fingerprint density at radius 3 is 2.31 bits per heavy atom. The molecule has 0 aliphatic carbocycles. The van der Waals surface area contributed by atoms with Gasteiger partial charge in [-0.25, -0.2) is 4.79 Å². The largest absolute Gasteiger partial charge is 0.503 e. The number of rotatable bonds is 10. The maximum absolute atomic E-state index is 12.1. The fourth-order valence-electron chi connectivity index (χ4n) is 2.50. The lowest BCUT2D eigenvalue weighted by atomic mass is 10.0. The van der Waals surface area contributed by atoms with E-state index in [0.717, 1.165) is 5.56 Å². The Labute approximate surface area is 179 Å². The highest BCUT2D eigenvalue weighted by Crippen LogP contribution is 2.37. The number of ether oxygens (including phenoxy) is 5. The second-order valence-corrected chi connectivity index (χ2v) is 6.58. The van der Waals surface area contributed by atoms with Gasteiger partial charge in [-0.3, -0.25) is 0 Å². The van der Waals surface area contributed by atoms with Crippen molar-refractivity contribution in [2.24, 2.45) is 0 Å². The molecule has 0 spiro atoms. The van der Waals surface area contributed by atoms with Gasteiger partial charge in [0.2, 0.25) is 0 Å². The maximum atomic E-state index is 12.1. The van der Waals surface area contributed by atoms with Crippen molar-refractivity contribution in [3.05, 3.63) is 63.8 Å².